The Labute approximate surface area is 96.2 Å². The number of hydrogen-bond acceptors (Lipinski definition) is 2. The van der Waals surface area contributed by atoms with Gasteiger partial charge in [0, 0.05) is 19.6 Å². The predicted molar refractivity (Wildman–Crippen MR) is 63.6 cm³/mol. The van der Waals surface area contributed by atoms with Crippen LogP contribution in [-0.4, -0.2) is 23.9 Å². The van der Waals surface area contributed by atoms with Crippen molar-refractivity contribution in [1.29, 1.82) is 0 Å². The summed E-state index contributed by atoms with van der Waals surface area (Å²) in [5, 5.41) is 0. The Hall–Kier alpha value is -1.35. The van der Waals surface area contributed by atoms with Gasteiger partial charge in [0.15, 0.2) is 0 Å². The number of likely N-dealkylation sites (tertiary alicyclic amines) is 1. The molecule has 1 aromatic carbocycles. The third kappa shape index (κ3) is 2.42. The third-order valence-corrected chi connectivity index (χ3v) is 3.30. The minimum atomic E-state index is -0.164. The molecule has 0 saturated carbocycles. The van der Waals surface area contributed by atoms with E-state index in [0.717, 1.165) is 19.6 Å². The highest BCUT2D eigenvalue weighted by molar-refractivity contribution is 5.77. The van der Waals surface area contributed by atoms with Gasteiger partial charge in [-0.1, -0.05) is 37.3 Å². The van der Waals surface area contributed by atoms with Crippen LogP contribution in [0.3, 0.4) is 0 Å². The fourth-order valence-electron chi connectivity index (χ4n) is 2.41. The monoisotopic (exact) mass is 218 g/mol. The fourth-order valence-corrected chi connectivity index (χ4v) is 2.41. The van der Waals surface area contributed by atoms with Gasteiger partial charge in [0.25, 0.3) is 0 Å². The summed E-state index contributed by atoms with van der Waals surface area (Å²) < 4.78 is 0. The second-order valence-electron chi connectivity index (χ2n) is 4.67. The highest BCUT2D eigenvalue weighted by Gasteiger charge is 2.32. The normalized spacial score (nSPS) is 25.8. The van der Waals surface area contributed by atoms with Crippen molar-refractivity contribution in [3.05, 3.63) is 35.9 Å². The number of carbonyl (C=O) groups is 1. The van der Waals surface area contributed by atoms with Gasteiger partial charge in [0.05, 0.1) is 5.92 Å². The smallest absolute Gasteiger partial charge is 0.222 e. The van der Waals surface area contributed by atoms with Crippen molar-refractivity contribution in [1.82, 2.24) is 4.90 Å². The largest absolute Gasteiger partial charge is 0.369 e. The highest BCUT2D eigenvalue weighted by Crippen LogP contribution is 2.23. The SMILES string of the molecule is CC1CN(Cc2ccccc2)CC1C(N)=O. The molecule has 1 aliphatic rings. The first-order valence-corrected chi connectivity index (χ1v) is 5.72. The first-order valence-electron chi connectivity index (χ1n) is 5.72. The van der Waals surface area contributed by atoms with Crippen LogP contribution in [0.25, 0.3) is 0 Å². The summed E-state index contributed by atoms with van der Waals surface area (Å²) in [6.45, 7) is 4.77. The molecule has 16 heavy (non-hydrogen) atoms. The molecule has 2 rings (SSSR count). The van der Waals surface area contributed by atoms with Gasteiger partial charge in [-0.3, -0.25) is 9.69 Å². The molecular formula is C13H18N2O. The molecular weight excluding hydrogens is 200 g/mol. The zero-order valence-electron chi connectivity index (χ0n) is 9.60. The topological polar surface area (TPSA) is 46.3 Å². The Bertz CT molecular complexity index is 363. The predicted octanol–water partition coefficient (Wildman–Crippen LogP) is 1.24. The van der Waals surface area contributed by atoms with E-state index in [4.69, 9.17) is 5.73 Å². The molecule has 1 amide bonds. The molecule has 1 fully saturated rings. The van der Waals surface area contributed by atoms with Crippen molar-refractivity contribution >= 4 is 5.91 Å². The average molecular weight is 218 g/mol. The Balaban J connectivity index is 1.96. The number of rotatable bonds is 3. The van der Waals surface area contributed by atoms with E-state index in [-0.39, 0.29) is 11.8 Å². The summed E-state index contributed by atoms with van der Waals surface area (Å²) in [7, 11) is 0. The zero-order valence-corrected chi connectivity index (χ0v) is 9.60. The van der Waals surface area contributed by atoms with Crippen LogP contribution in [-0.2, 0) is 11.3 Å². The maximum Gasteiger partial charge on any atom is 0.222 e. The Morgan fingerprint density at radius 2 is 2.06 bits per heavy atom. The van der Waals surface area contributed by atoms with Crippen LogP contribution in [0.1, 0.15) is 12.5 Å². The maximum atomic E-state index is 11.2. The molecule has 0 radical (unpaired) electrons. The fraction of sp³-hybridized carbons (Fsp3) is 0.462. The number of hydrogen-bond donors (Lipinski definition) is 1. The van der Waals surface area contributed by atoms with E-state index in [0.29, 0.717) is 5.92 Å². The van der Waals surface area contributed by atoms with E-state index in [1.807, 2.05) is 18.2 Å². The minimum Gasteiger partial charge on any atom is -0.369 e. The van der Waals surface area contributed by atoms with Crippen molar-refractivity contribution in [2.45, 2.75) is 13.5 Å². The lowest BCUT2D eigenvalue weighted by atomic mass is 9.98. The highest BCUT2D eigenvalue weighted by atomic mass is 16.1. The quantitative estimate of drug-likeness (QED) is 0.829. The lowest BCUT2D eigenvalue weighted by Crippen LogP contribution is -2.29. The lowest BCUT2D eigenvalue weighted by Gasteiger charge is -2.15. The Morgan fingerprint density at radius 1 is 1.38 bits per heavy atom. The molecule has 1 heterocycles. The van der Waals surface area contributed by atoms with Crippen molar-refractivity contribution in [2.24, 2.45) is 17.6 Å². The maximum absolute atomic E-state index is 11.2. The summed E-state index contributed by atoms with van der Waals surface area (Å²) in [5.41, 5.74) is 6.67. The average Bonchev–Trinajstić information content (AvgIpc) is 2.61. The van der Waals surface area contributed by atoms with Gasteiger partial charge in [0.1, 0.15) is 0 Å². The number of carbonyl (C=O) groups excluding carboxylic acids is 1. The van der Waals surface area contributed by atoms with Crippen LogP contribution in [0.5, 0.6) is 0 Å². The van der Waals surface area contributed by atoms with Crippen LogP contribution in [0.15, 0.2) is 30.3 Å². The molecule has 0 aromatic heterocycles. The van der Waals surface area contributed by atoms with Crippen LogP contribution in [0, 0.1) is 11.8 Å². The molecule has 3 nitrogen and oxygen atoms in total. The van der Waals surface area contributed by atoms with Crippen molar-refractivity contribution in [2.75, 3.05) is 13.1 Å². The summed E-state index contributed by atoms with van der Waals surface area (Å²) >= 11 is 0. The second kappa shape index (κ2) is 4.66. The summed E-state index contributed by atoms with van der Waals surface area (Å²) in [5.74, 6) is 0.230. The van der Waals surface area contributed by atoms with Crippen molar-refractivity contribution in [3.8, 4) is 0 Å². The van der Waals surface area contributed by atoms with Crippen LogP contribution >= 0.6 is 0 Å². The van der Waals surface area contributed by atoms with Crippen molar-refractivity contribution in [3.63, 3.8) is 0 Å². The zero-order chi connectivity index (χ0) is 11.5. The lowest BCUT2D eigenvalue weighted by molar-refractivity contribution is -0.122. The third-order valence-electron chi connectivity index (χ3n) is 3.30. The molecule has 2 atom stereocenters. The minimum absolute atomic E-state index is 0.0173. The van der Waals surface area contributed by atoms with E-state index in [2.05, 4.69) is 24.0 Å². The molecule has 2 N–H and O–H groups in total. The molecule has 0 aliphatic carbocycles. The van der Waals surface area contributed by atoms with Gasteiger partial charge in [-0.2, -0.15) is 0 Å². The number of nitrogens with two attached hydrogens (primary N) is 1. The number of amides is 1. The van der Waals surface area contributed by atoms with Gasteiger partial charge < -0.3 is 5.73 Å². The molecule has 0 spiro atoms. The molecule has 1 saturated heterocycles. The van der Waals surface area contributed by atoms with Crippen LogP contribution in [0.4, 0.5) is 0 Å². The van der Waals surface area contributed by atoms with Gasteiger partial charge in [-0.25, -0.2) is 0 Å². The number of nitrogens with zero attached hydrogens (tertiary/aromatic N) is 1. The first kappa shape index (κ1) is 11.1. The van der Waals surface area contributed by atoms with Gasteiger partial charge in [-0.15, -0.1) is 0 Å². The summed E-state index contributed by atoms with van der Waals surface area (Å²) in [6.07, 6.45) is 0. The van der Waals surface area contributed by atoms with Gasteiger partial charge in [0.2, 0.25) is 5.91 Å². The second-order valence-corrected chi connectivity index (χ2v) is 4.67. The first-order chi connectivity index (χ1) is 7.66. The van der Waals surface area contributed by atoms with Crippen molar-refractivity contribution < 1.29 is 4.79 Å². The Morgan fingerprint density at radius 3 is 2.62 bits per heavy atom. The van der Waals surface area contributed by atoms with Gasteiger partial charge >= 0.3 is 0 Å². The molecule has 1 aliphatic heterocycles. The van der Waals surface area contributed by atoms with Crippen LogP contribution < -0.4 is 5.73 Å². The molecule has 1 aromatic rings. The van der Waals surface area contributed by atoms with Crippen LogP contribution in [0.2, 0.25) is 0 Å². The molecule has 2 unspecified atom stereocenters. The van der Waals surface area contributed by atoms with E-state index in [1.165, 1.54) is 5.56 Å². The van der Waals surface area contributed by atoms with E-state index >= 15 is 0 Å². The number of benzene rings is 1. The molecule has 86 valence electrons. The standard InChI is InChI=1S/C13H18N2O/c1-10-7-15(9-12(10)13(14)16)8-11-5-3-2-4-6-11/h2-6,10,12H,7-9H2,1H3,(H2,14,16). The molecule has 3 heteroatoms. The summed E-state index contributed by atoms with van der Waals surface area (Å²) in [4.78, 5) is 13.5. The number of primary amides is 1. The Kier molecular flexibility index (Phi) is 3.25. The summed E-state index contributed by atoms with van der Waals surface area (Å²) in [6, 6.07) is 10.3. The van der Waals surface area contributed by atoms with Gasteiger partial charge in [-0.05, 0) is 11.5 Å². The van der Waals surface area contributed by atoms with E-state index < -0.39 is 0 Å². The van der Waals surface area contributed by atoms with E-state index in [1.54, 1.807) is 0 Å². The molecule has 0 bridgehead atoms. The van der Waals surface area contributed by atoms with E-state index in [9.17, 15) is 4.79 Å².